The first-order chi connectivity index (χ1) is 14.2. The average Bonchev–Trinajstić information content (AvgIpc) is 3.27. The van der Waals surface area contributed by atoms with Gasteiger partial charge in [-0.1, -0.05) is 6.42 Å². The highest BCUT2D eigenvalue weighted by Crippen LogP contribution is 2.31. The summed E-state index contributed by atoms with van der Waals surface area (Å²) in [5.74, 6) is 1.57. The maximum absolute atomic E-state index is 10.4. The number of piperidine rings is 2. The first-order valence-corrected chi connectivity index (χ1v) is 10.3. The van der Waals surface area contributed by atoms with E-state index >= 15 is 0 Å². The topological polar surface area (TPSA) is 101 Å². The van der Waals surface area contributed by atoms with Gasteiger partial charge in [-0.3, -0.25) is 0 Å². The molecule has 8 heteroatoms. The van der Waals surface area contributed by atoms with Crippen LogP contribution in [0, 0.1) is 5.92 Å². The van der Waals surface area contributed by atoms with Crippen molar-refractivity contribution in [3.8, 4) is 22.7 Å². The van der Waals surface area contributed by atoms with Crippen LogP contribution in [0.4, 0.5) is 5.82 Å². The molecule has 2 saturated heterocycles. The van der Waals surface area contributed by atoms with E-state index in [0.717, 1.165) is 12.4 Å². The zero-order chi connectivity index (χ0) is 19.6. The standard InChI is InChI=1S/C21H25N7O/c29-20-12-17(28-23-8-9-24-28)4-5-18(20)19-6-7-21(27-26-19)22-13-14-10-15-2-1-3-16(11-14)25-15/h4-9,12,14-16,25,29H,1-3,10-11,13H2,(H,22,27). The Hall–Kier alpha value is -3.00. The van der Waals surface area contributed by atoms with Gasteiger partial charge in [0.25, 0.3) is 0 Å². The Morgan fingerprint density at radius 2 is 1.83 bits per heavy atom. The van der Waals surface area contributed by atoms with Gasteiger partial charge in [-0.15, -0.1) is 10.2 Å². The molecule has 2 unspecified atom stereocenters. The third kappa shape index (κ3) is 3.93. The molecule has 4 heterocycles. The zero-order valence-corrected chi connectivity index (χ0v) is 16.2. The van der Waals surface area contributed by atoms with Gasteiger partial charge >= 0.3 is 0 Å². The number of aromatic hydroxyl groups is 1. The van der Waals surface area contributed by atoms with Crippen LogP contribution < -0.4 is 10.6 Å². The summed E-state index contributed by atoms with van der Waals surface area (Å²) in [6.07, 6.45) is 9.64. The minimum Gasteiger partial charge on any atom is -0.507 e. The van der Waals surface area contributed by atoms with Crippen molar-refractivity contribution in [1.29, 1.82) is 0 Å². The number of phenols is 1. The third-order valence-corrected chi connectivity index (χ3v) is 5.96. The Morgan fingerprint density at radius 3 is 2.52 bits per heavy atom. The Labute approximate surface area is 169 Å². The van der Waals surface area contributed by atoms with E-state index in [9.17, 15) is 5.11 Å². The number of anilines is 1. The molecule has 2 fully saturated rings. The first kappa shape index (κ1) is 18.1. The second kappa shape index (κ2) is 7.79. The monoisotopic (exact) mass is 391 g/mol. The second-order valence-corrected chi connectivity index (χ2v) is 8.03. The number of nitrogens with one attached hydrogen (secondary N) is 2. The molecule has 0 amide bonds. The van der Waals surface area contributed by atoms with Crippen LogP contribution in [0.2, 0.25) is 0 Å². The summed E-state index contributed by atoms with van der Waals surface area (Å²) in [6.45, 7) is 0.930. The van der Waals surface area contributed by atoms with Crippen molar-refractivity contribution in [1.82, 2.24) is 30.5 Å². The van der Waals surface area contributed by atoms with E-state index in [0.29, 0.717) is 34.9 Å². The molecule has 2 atom stereocenters. The summed E-state index contributed by atoms with van der Waals surface area (Å²) in [4.78, 5) is 1.46. The van der Waals surface area contributed by atoms with Crippen molar-refractivity contribution >= 4 is 5.82 Å². The molecular formula is C21H25N7O. The fraction of sp³-hybridized carbons (Fsp3) is 0.429. The first-order valence-electron chi connectivity index (χ1n) is 10.3. The van der Waals surface area contributed by atoms with Crippen LogP contribution in [0.15, 0.2) is 42.7 Å². The van der Waals surface area contributed by atoms with Crippen LogP contribution in [0.1, 0.15) is 32.1 Å². The molecule has 3 aromatic rings. The van der Waals surface area contributed by atoms with Gasteiger partial charge in [0.1, 0.15) is 11.6 Å². The van der Waals surface area contributed by atoms with Gasteiger partial charge in [-0.05, 0) is 55.9 Å². The smallest absolute Gasteiger partial charge is 0.148 e. The van der Waals surface area contributed by atoms with Gasteiger partial charge < -0.3 is 15.7 Å². The molecule has 1 aromatic carbocycles. The molecule has 8 nitrogen and oxygen atoms in total. The third-order valence-electron chi connectivity index (χ3n) is 5.96. The number of phenolic OH excluding ortho intramolecular Hbond substituents is 1. The highest BCUT2D eigenvalue weighted by Gasteiger charge is 2.30. The largest absolute Gasteiger partial charge is 0.507 e. The minimum atomic E-state index is 0.121. The van der Waals surface area contributed by atoms with Crippen LogP contribution in [-0.2, 0) is 0 Å². The molecule has 0 aliphatic carbocycles. The SMILES string of the molecule is Oc1cc(-n2nccn2)ccc1-c1ccc(NCC2CC3CCCC(C2)N3)nn1. The molecule has 2 aliphatic heterocycles. The van der Waals surface area contributed by atoms with E-state index in [1.165, 1.54) is 36.9 Å². The lowest BCUT2D eigenvalue weighted by atomic mass is 9.80. The van der Waals surface area contributed by atoms with Crippen LogP contribution in [0.3, 0.4) is 0 Å². The van der Waals surface area contributed by atoms with E-state index in [4.69, 9.17) is 0 Å². The van der Waals surface area contributed by atoms with Crippen LogP contribution in [0.5, 0.6) is 5.75 Å². The van der Waals surface area contributed by atoms with Crippen LogP contribution in [0.25, 0.3) is 16.9 Å². The summed E-state index contributed by atoms with van der Waals surface area (Å²) in [7, 11) is 0. The van der Waals surface area contributed by atoms with E-state index in [-0.39, 0.29) is 5.75 Å². The van der Waals surface area contributed by atoms with Crippen molar-refractivity contribution in [2.45, 2.75) is 44.2 Å². The molecular weight excluding hydrogens is 366 g/mol. The van der Waals surface area contributed by atoms with Gasteiger partial charge in [0.05, 0.1) is 23.8 Å². The minimum absolute atomic E-state index is 0.121. The lowest BCUT2D eigenvalue weighted by Gasteiger charge is -2.40. The molecule has 150 valence electrons. The van der Waals surface area contributed by atoms with Crippen LogP contribution >= 0.6 is 0 Å². The number of rotatable bonds is 5. The van der Waals surface area contributed by atoms with Gasteiger partial charge in [0, 0.05) is 30.3 Å². The summed E-state index contributed by atoms with van der Waals surface area (Å²) < 4.78 is 0. The number of fused-ring (bicyclic) bond motifs is 2. The predicted molar refractivity (Wildman–Crippen MR) is 110 cm³/mol. The summed E-state index contributed by atoms with van der Waals surface area (Å²) >= 11 is 0. The lowest BCUT2D eigenvalue weighted by Crippen LogP contribution is -2.49. The fourth-order valence-electron chi connectivity index (χ4n) is 4.58. The van der Waals surface area contributed by atoms with Crippen molar-refractivity contribution in [3.05, 3.63) is 42.7 Å². The molecule has 0 spiro atoms. The maximum Gasteiger partial charge on any atom is 0.148 e. The molecule has 5 rings (SSSR count). The second-order valence-electron chi connectivity index (χ2n) is 8.03. The fourth-order valence-corrected chi connectivity index (χ4v) is 4.58. The molecule has 0 radical (unpaired) electrons. The van der Waals surface area contributed by atoms with Crippen molar-refractivity contribution in [3.63, 3.8) is 0 Å². The van der Waals surface area contributed by atoms with Gasteiger partial charge in [-0.25, -0.2) is 0 Å². The lowest BCUT2D eigenvalue weighted by molar-refractivity contribution is 0.192. The predicted octanol–water partition coefficient (Wildman–Crippen LogP) is 2.76. The Bertz CT molecular complexity index is 946. The maximum atomic E-state index is 10.4. The van der Waals surface area contributed by atoms with Gasteiger partial charge in [0.2, 0.25) is 0 Å². The number of hydrogen-bond donors (Lipinski definition) is 3. The summed E-state index contributed by atoms with van der Waals surface area (Å²) in [5.41, 5.74) is 1.95. The van der Waals surface area contributed by atoms with E-state index in [2.05, 4.69) is 31.0 Å². The highest BCUT2D eigenvalue weighted by molar-refractivity contribution is 5.68. The van der Waals surface area contributed by atoms with Crippen molar-refractivity contribution in [2.75, 3.05) is 11.9 Å². The van der Waals surface area contributed by atoms with Gasteiger partial charge in [0.15, 0.2) is 0 Å². The van der Waals surface area contributed by atoms with E-state index in [1.807, 2.05) is 18.2 Å². The van der Waals surface area contributed by atoms with Crippen molar-refractivity contribution in [2.24, 2.45) is 5.92 Å². The molecule has 29 heavy (non-hydrogen) atoms. The quantitative estimate of drug-likeness (QED) is 0.615. The number of aromatic nitrogens is 5. The molecule has 3 N–H and O–H groups in total. The summed E-state index contributed by atoms with van der Waals surface area (Å²) in [6, 6.07) is 10.4. The molecule has 0 saturated carbocycles. The normalized spacial score (nSPS) is 23.7. The average molecular weight is 391 g/mol. The number of hydrogen-bond acceptors (Lipinski definition) is 7. The van der Waals surface area contributed by atoms with Crippen LogP contribution in [-0.4, -0.2) is 48.9 Å². The Balaban J connectivity index is 1.23. The van der Waals surface area contributed by atoms with E-state index in [1.54, 1.807) is 24.5 Å². The molecule has 2 bridgehead atoms. The molecule has 2 aromatic heterocycles. The van der Waals surface area contributed by atoms with E-state index < -0.39 is 0 Å². The Kier molecular flexibility index (Phi) is 4.85. The number of benzene rings is 1. The summed E-state index contributed by atoms with van der Waals surface area (Å²) in [5, 5.41) is 34.3. The van der Waals surface area contributed by atoms with Crippen molar-refractivity contribution < 1.29 is 5.11 Å². The Morgan fingerprint density at radius 1 is 1.03 bits per heavy atom. The number of nitrogens with zero attached hydrogens (tertiary/aromatic N) is 5. The highest BCUT2D eigenvalue weighted by atomic mass is 16.3. The zero-order valence-electron chi connectivity index (χ0n) is 16.2. The van der Waals surface area contributed by atoms with Gasteiger partial charge in [-0.2, -0.15) is 15.0 Å². The molecule has 2 aliphatic rings.